The standard InChI is InChI=1S/C11H12ClN5O2/c1-3-13-8-5-4-7(12)9(15-8)10(18)16-11-14-6(2)17-19-11/h4-5H,3H2,1-2H3,(H,13,15)(H,14,16,17,18). The van der Waals surface area contributed by atoms with E-state index in [-0.39, 0.29) is 16.7 Å². The summed E-state index contributed by atoms with van der Waals surface area (Å²) in [5.74, 6) is 0.489. The molecule has 2 aromatic rings. The lowest BCUT2D eigenvalue weighted by atomic mass is 10.3. The predicted octanol–water partition coefficient (Wildman–Crippen LogP) is 2.11. The molecule has 2 rings (SSSR count). The first kappa shape index (κ1) is 13.3. The largest absolute Gasteiger partial charge is 0.370 e. The van der Waals surface area contributed by atoms with Crippen LogP contribution in [0.2, 0.25) is 5.02 Å². The number of nitrogens with zero attached hydrogens (tertiary/aromatic N) is 3. The van der Waals surface area contributed by atoms with Gasteiger partial charge in [-0.3, -0.25) is 10.1 Å². The maximum atomic E-state index is 12.0. The molecular weight excluding hydrogens is 270 g/mol. The van der Waals surface area contributed by atoms with Gasteiger partial charge in [-0.2, -0.15) is 4.98 Å². The molecular formula is C11H12ClN5O2. The minimum absolute atomic E-state index is 0.00854. The number of carbonyl (C=O) groups is 1. The lowest BCUT2D eigenvalue weighted by Crippen LogP contribution is -2.15. The van der Waals surface area contributed by atoms with Crippen LogP contribution in [0.15, 0.2) is 16.7 Å². The third-order valence-corrected chi connectivity index (χ3v) is 2.47. The Kier molecular flexibility index (Phi) is 3.96. The van der Waals surface area contributed by atoms with Crippen molar-refractivity contribution in [3.63, 3.8) is 0 Å². The summed E-state index contributed by atoms with van der Waals surface area (Å²) in [6.45, 7) is 4.27. The fourth-order valence-corrected chi connectivity index (χ4v) is 1.58. The van der Waals surface area contributed by atoms with E-state index in [1.807, 2.05) is 6.92 Å². The van der Waals surface area contributed by atoms with E-state index in [9.17, 15) is 4.79 Å². The molecule has 0 aromatic carbocycles. The van der Waals surface area contributed by atoms with Crippen LogP contribution in [0.3, 0.4) is 0 Å². The number of rotatable bonds is 4. The highest BCUT2D eigenvalue weighted by Crippen LogP contribution is 2.18. The molecule has 0 aliphatic heterocycles. The monoisotopic (exact) mass is 281 g/mol. The van der Waals surface area contributed by atoms with Gasteiger partial charge in [0.2, 0.25) is 0 Å². The molecule has 0 unspecified atom stereocenters. The minimum atomic E-state index is -0.506. The summed E-state index contributed by atoms with van der Waals surface area (Å²) in [4.78, 5) is 20.0. The molecule has 0 aliphatic rings. The smallest absolute Gasteiger partial charge is 0.328 e. The van der Waals surface area contributed by atoms with E-state index in [0.29, 0.717) is 18.2 Å². The van der Waals surface area contributed by atoms with E-state index in [1.54, 1.807) is 19.1 Å². The average molecular weight is 282 g/mol. The van der Waals surface area contributed by atoms with Crippen LogP contribution >= 0.6 is 11.6 Å². The van der Waals surface area contributed by atoms with Gasteiger partial charge in [-0.1, -0.05) is 16.8 Å². The Morgan fingerprint density at radius 1 is 1.42 bits per heavy atom. The highest BCUT2D eigenvalue weighted by Gasteiger charge is 2.16. The third-order valence-electron chi connectivity index (χ3n) is 2.17. The zero-order chi connectivity index (χ0) is 13.8. The molecule has 0 saturated heterocycles. The van der Waals surface area contributed by atoms with Crippen LogP contribution in [0.4, 0.5) is 11.8 Å². The molecule has 0 radical (unpaired) electrons. The quantitative estimate of drug-likeness (QED) is 0.891. The van der Waals surface area contributed by atoms with Crippen molar-refractivity contribution >= 4 is 29.3 Å². The second kappa shape index (κ2) is 5.66. The van der Waals surface area contributed by atoms with Crippen molar-refractivity contribution in [3.8, 4) is 0 Å². The van der Waals surface area contributed by atoms with Crippen molar-refractivity contribution < 1.29 is 9.32 Å². The molecule has 2 heterocycles. The van der Waals surface area contributed by atoms with E-state index < -0.39 is 5.91 Å². The van der Waals surface area contributed by atoms with Crippen LogP contribution in [-0.2, 0) is 0 Å². The van der Waals surface area contributed by atoms with Crippen LogP contribution in [0.5, 0.6) is 0 Å². The van der Waals surface area contributed by atoms with Crippen molar-refractivity contribution in [1.29, 1.82) is 0 Å². The Balaban J connectivity index is 2.20. The molecule has 0 aliphatic carbocycles. The number of carbonyl (C=O) groups excluding carboxylic acids is 1. The molecule has 0 bridgehead atoms. The molecule has 2 aromatic heterocycles. The van der Waals surface area contributed by atoms with Gasteiger partial charge in [-0.05, 0) is 26.0 Å². The number of amides is 1. The van der Waals surface area contributed by atoms with Gasteiger partial charge in [0.15, 0.2) is 5.82 Å². The van der Waals surface area contributed by atoms with Gasteiger partial charge in [0.05, 0.1) is 5.02 Å². The van der Waals surface area contributed by atoms with E-state index >= 15 is 0 Å². The Bertz CT molecular complexity index is 599. The Morgan fingerprint density at radius 3 is 2.84 bits per heavy atom. The third kappa shape index (κ3) is 3.19. The normalized spacial score (nSPS) is 10.3. The van der Waals surface area contributed by atoms with Gasteiger partial charge in [0, 0.05) is 6.54 Å². The topological polar surface area (TPSA) is 92.9 Å². The van der Waals surface area contributed by atoms with E-state index in [1.165, 1.54) is 0 Å². The highest BCUT2D eigenvalue weighted by atomic mass is 35.5. The van der Waals surface area contributed by atoms with Crippen LogP contribution in [0.25, 0.3) is 0 Å². The van der Waals surface area contributed by atoms with Gasteiger partial charge in [-0.15, -0.1) is 0 Å². The SMILES string of the molecule is CCNc1ccc(Cl)c(C(=O)Nc2nc(C)no2)n1. The molecule has 1 amide bonds. The highest BCUT2D eigenvalue weighted by molar-refractivity contribution is 6.34. The van der Waals surface area contributed by atoms with Crippen molar-refractivity contribution in [2.75, 3.05) is 17.2 Å². The number of aromatic nitrogens is 3. The Labute approximate surface area is 114 Å². The minimum Gasteiger partial charge on any atom is -0.370 e. The van der Waals surface area contributed by atoms with Crippen molar-refractivity contribution in [3.05, 3.63) is 28.7 Å². The summed E-state index contributed by atoms with van der Waals surface area (Å²) in [6, 6.07) is 3.30. The maximum absolute atomic E-state index is 12.0. The molecule has 0 atom stereocenters. The summed E-state index contributed by atoms with van der Waals surface area (Å²) in [5, 5.41) is 9.24. The molecule has 8 heteroatoms. The van der Waals surface area contributed by atoms with Crippen LogP contribution in [-0.4, -0.2) is 27.6 Å². The van der Waals surface area contributed by atoms with E-state index in [2.05, 4.69) is 25.8 Å². The van der Waals surface area contributed by atoms with E-state index in [0.717, 1.165) is 0 Å². The summed E-state index contributed by atoms with van der Waals surface area (Å²) < 4.78 is 4.79. The second-order valence-electron chi connectivity index (χ2n) is 3.66. The lowest BCUT2D eigenvalue weighted by Gasteiger charge is -2.06. The molecule has 7 nitrogen and oxygen atoms in total. The van der Waals surface area contributed by atoms with Crippen molar-refractivity contribution in [2.24, 2.45) is 0 Å². The van der Waals surface area contributed by atoms with Crippen LogP contribution < -0.4 is 10.6 Å². The first-order valence-electron chi connectivity index (χ1n) is 5.62. The molecule has 0 spiro atoms. The second-order valence-corrected chi connectivity index (χ2v) is 4.07. The number of nitrogens with one attached hydrogen (secondary N) is 2. The van der Waals surface area contributed by atoms with Gasteiger partial charge >= 0.3 is 6.01 Å². The average Bonchev–Trinajstić information content (AvgIpc) is 2.77. The summed E-state index contributed by atoms with van der Waals surface area (Å²) in [5.41, 5.74) is 0.0935. The van der Waals surface area contributed by atoms with Gasteiger partial charge in [-0.25, -0.2) is 4.98 Å². The fraction of sp³-hybridized carbons (Fsp3) is 0.273. The molecule has 2 N–H and O–H groups in total. The summed E-state index contributed by atoms with van der Waals surface area (Å²) in [7, 11) is 0. The number of halogens is 1. The van der Waals surface area contributed by atoms with Crippen molar-refractivity contribution in [2.45, 2.75) is 13.8 Å². The number of anilines is 2. The van der Waals surface area contributed by atoms with Crippen molar-refractivity contribution in [1.82, 2.24) is 15.1 Å². The Morgan fingerprint density at radius 2 is 2.21 bits per heavy atom. The molecule has 100 valence electrons. The first-order chi connectivity index (χ1) is 9.10. The van der Waals surface area contributed by atoms with E-state index in [4.69, 9.17) is 16.1 Å². The number of hydrogen-bond acceptors (Lipinski definition) is 6. The summed E-state index contributed by atoms with van der Waals surface area (Å²) >= 11 is 5.94. The fourth-order valence-electron chi connectivity index (χ4n) is 1.39. The van der Waals surface area contributed by atoms with Crippen LogP contribution in [0, 0.1) is 6.92 Å². The zero-order valence-corrected chi connectivity index (χ0v) is 11.2. The molecule has 0 saturated carbocycles. The zero-order valence-electron chi connectivity index (χ0n) is 10.4. The Hall–Kier alpha value is -2.15. The summed E-state index contributed by atoms with van der Waals surface area (Å²) in [6.07, 6.45) is 0. The number of aryl methyl sites for hydroxylation is 1. The molecule has 19 heavy (non-hydrogen) atoms. The maximum Gasteiger partial charge on any atom is 0.328 e. The molecule has 0 fully saturated rings. The van der Waals surface area contributed by atoms with Gasteiger partial charge < -0.3 is 9.84 Å². The predicted molar refractivity (Wildman–Crippen MR) is 70.4 cm³/mol. The number of pyridine rings is 1. The lowest BCUT2D eigenvalue weighted by molar-refractivity contribution is 0.101. The van der Waals surface area contributed by atoms with Gasteiger partial charge in [0.1, 0.15) is 11.5 Å². The van der Waals surface area contributed by atoms with Gasteiger partial charge in [0.25, 0.3) is 5.91 Å². The first-order valence-corrected chi connectivity index (χ1v) is 6.00. The number of hydrogen-bond donors (Lipinski definition) is 2. The van der Waals surface area contributed by atoms with Crippen LogP contribution in [0.1, 0.15) is 23.2 Å².